The van der Waals surface area contributed by atoms with Crippen LogP contribution in [0.1, 0.15) is 72.1 Å². The van der Waals surface area contributed by atoms with Crippen LogP contribution in [0.25, 0.3) is 0 Å². The standard InChI is InChI=1S/C16H34N2/c1-4-7-16(11-12-17)10-6-13-18-14(2)8-5-9-15(18)3/h14-16H,4-13,17H2,1-3H3. The van der Waals surface area contributed by atoms with Crippen LogP contribution in [0.5, 0.6) is 0 Å². The lowest BCUT2D eigenvalue weighted by Crippen LogP contribution is -2.44. The number of nitrogens with two attached hydrogens (primary N) is 1. The third kappa shape index (κ3) is 5.27. The molecule has 0 aromatic carbocycles. The van der Waals surface area contributed by atoms with E-state index in [2.05, 4.69) is 25.7 Å². The van der Waals surface area contributed by atoms with Crippen molar-refractivity contribution in [2.45, 2.75) is 84.2 Å². The third-order valence-electron chi connectivity index (χ3n) is 4.68. The molecular weight excluding hydrogens is 220 g/mol. The van der Waals surface area contributed by atoms with E-state index in [1.54, 1.807) is 0 Å². The van der Waals surface area contributed by atoms with Gasteiger partial charge in [-0.2, -0.15) is 0 Å². The van der Waals surface area contributed by atoms with Crippen LogP contribution in [-0.2, 0) is 0 Å². The van der Waals surface area contributed by atoms with E-state index in [9.17, 15) is 0 Å². The van der Waals surface area contributed by atoms with Gasteiger partial charge in [0.2, 0.25) is 0 Å². The summed E-state index contributed by atoms with van der Waals surface area (Å²) < 4.78 is 0. The first-order valence-electron chi connectivity index (χ1n) is 8.14. The monoisotopic (exact) mass is 254 g/mol. The Morgan fingerprint density at radius 2 is 1.78 bits per heavy atom. The maximum absolute atomic E-state index is 5.71. The predicted molar refractivity (Wildman–Crippen MR) is 80.8 cm³/mol. The van der Waals surface area contributed by atoms with Crippen molar-refractivity contribution in [3.63, 3.8) is 0 Å². The molecule has 1 aliphatic rings. The van der Waals surface area contributed by atoms with Crippen molar-refractivity contribution >= 4 is 0 Å². The van der Waals surface area contributed by atoms with Gasteiger partial charge in [-0.25, -0.2) is 0 Å². The fraction of sp³-hybridized carbons (Fsp3) is 1.00. The number of nitrogens with zero attached hydrogens (tertiary/aromatic N) is 1. The minimum Gasteiger partial charge on any atom is -0.330 e. The molecular formula is C16H34N2. The summed E-state index contributed by atoms with van der Waals surface area (Å²) in [6, 6.07) is 1.60. The van der Waals surface area contributed by atoms with Crippen molar-refractivity contribution < 1.29 is 0 Å². The summed E-state index contributed by atoms with van der Waals surface area (Å²) in [5.41, 5.74) is 5.71. The van der Waals surface area contributed by atoms with E-state index in [0.717, 1.165) is 24.5 Å². The molecule has 1 rings (SSSR count). The van der Waals surface area contributed by atoms with E-state index < -0.39 is 0 Å². The normalized spacial score (nSPS) is 27.3. The lowest BCUT2D eigenvalue weighted by atomic mass is 9.93. The molecule has 0 saturated carbocycles. The van der Waals surface area contributed by atoms with Crippen LogP contribution in [-0.4, -0.2) is 30.1 Å². The van der Waals surface area contributed by atoms with Crippen molar-refractivity contribution in [3.05, 3.63) is 0 Å². The van der Waals surface area contributed by atoms with Crippen molar-refractivity contribution in [3.8, 4) is 0 Å². The van der Waals surface area contributed by atoms with Crippen LogP contribution >= 0.6 is 0 Å². The van der Waals surface area contributed by atoms with Gasteiger partial charge in [0.25, 0.3) is 0 Å². The lowest BCUT2D eigenvalue weighted by molar-refractivity contribution is 0.0992. The summed E-state index contributed by atoms with van der Waals surface area (Å²) in [4.78, 5) is 2.73. The molecule has 2 nitrogen and oxygen atoms in total. The molecule has 0 aromatic rings. The molecule has 3 unspecified atom stereocenters. The van der Waals surface area contributed by atoms with Crippen molar-refractivity contribution in [1.82, 2.24) is 4.90 Å². The van der Waals surface area contributed by atoms with Crippen LogP contribution in [0.2, 0.25) is 0 Å². The molecule has 0 radical (unpaired) electrons. The van der Waals surface area contributed by atoms with Crippen LogP contribution in [0.15, 0.2) is 0 Å². The second-order valence-corrected chi connectivity index (χ2v) is 6.24. The summed E-state index contributed by atoms with van der Waals surface area (Å²) >= 11 is 0. The average molecular weight is 254 g/mol. The summed E-state index contributed by atoms with van der Waals surface area (Å²) in [6.07, 6.45) is 10.8. The molecule has 1 fully saturated rings. The topological polar surface area (TPSA) is 29.3 Å². The zero-order chi connectivity index (χ0) is 13.4. The average Bonchev–Trinajstić information content (AvgIpc) is 2.33. The Kier molecular flexibility index (Phi) is 7.92. The Hall–Kier alpha value is -0.0800. The van der Waals surface area contributed by atoms with Crippen molar-refractivity contribution in [2.24, 2.45) is 11.7 Å². The molecule has 0 aliphatic carbocycles. The van der Waals surface area contributed by atoms with E-state index in [1.165, 1.54) is 57.9 Å². The molecule has 2 heteroatoms. The Morgan fingerprint density at radius 3 is 2.33 bits per heavy atom. The van der Waals surface area contributed by atoms with Gasteiger partial charge in [-0.1, -0.05) is 26.2 Å². The number of piperidine rings is 1. The largest absolute Gasteiger partial charge is 0.330 e. The van der Waals surface area contributed by atoms with E-state index >= 15 is 0 Å². The maximum atomic E-state index is 5.71. The van der Waals surface area contributed by atoms with Gasteiger partial charge in [0.05, 0.1) is 0 Å². The van der Waals surface area contributed by atoms with E-state index in [0.29, 0.717) is 0 Å². The predicted octanol–water partition coefficient (Wildman–Crippen LogP) is 3.79. The highest BCUT2D eigenvalue weighted by atomic mass is 15.2. The Balaban J connectivity index is 2.25. The van der Waals surface area contributed by atoms with Crippen LogP contribution < -0.4 is 5.73 Å². The van der Waals surface area contributed by atoms with Crippen LogP contribution in [0, 0.1) is 5.92 Å². The lowest BCUT2D eigenvalue weighted by Gasteiger charge is -2.39. The molecule has 3 atom stereocenters. The first-order valence-corrected chi connectivity index (χ1v) is 8.14. The van der Waals surface area contributed by atoms with Gasteiger partial charge < -0.3 is 5.73 Å². The fourth-order valence-corrected chi connectivity index (χ4v) is 3.56. The quantitative estimate of drug-likeness (QED) is 0.714. The summed E-state index contributed by atoms with van der Waals surface area (Å²) in [6.45, 7) is 9.25. The maximum Gasteiger partial charge on any atom is 0.00697 e. The van der Waals surface area contributed by atoms with Gasteiger partial charge in [0.15, 0.2) is 0 Å². The SMILES string of the molecule is CCCC(CCN)CCCN1C(C)CCCC1C. The smallest absolute Gasteiger partial charge is 0.00697 e. The number of likely N-dealkylation sites (tertiary alicyclic amines) is 1. The van der Waals surface area contributed by atoms with Gasteiger partial charge in [-0.15, -0.1) is 0 Å². The molecule has 0 bridgehead atoms. The molecule has 1 aliphatic heterocycles. The number of hydrogen-bond donors (Lipinski definition) is 1. The minimum atomic E-state index is 0.799. The second-order valence-electron chi connectivity index (χ2n) is 6.24. The Morgan fingerprint density at radius 1 is 1.11 bits per heavy atom. The first kappa shape index (κ1) is 16.0. The summed E-state index contributed by atoms with van der Waals surface area (Å²) in [7, 11) is 0. The summed E-state index contributed by atoms with van der Waals surface area (Å²) in [5.74, 6) is 0.871. The number of rotatable bonds is 8. The van der Waals surface area contributed by atoms with E-state index in [1.807, 2.05) is 0 Å². The van der Waals surface area contributed by atoms with Gasteiger partial charge in [-0.3, -0.25) is 4.90 Å². The van der Waals surface area contributed by atoms with Gasteiger partial charge >= 0.3 is 0 Å². The zero-order valence-corrected chi connectivity index (χ0v) is 12.8. The molecule has 1 heterocycles. The Bertz CT molecular complexity index is 189. The molecule has 108 valence electrons. The third-order valence-corrected chi connectivity index (χ3v) is 4.68. The van der Waals surface area contributed by atoms with Crippen LogP contribution in [0.3, 0.4) is 0 Å². The molecule has 0 aromatic heterocycles. The van der Waals surface area contributed by atoms with E-state index in [-0.39, 0.29) is 0 Å². The highest BCUT2D eigenvalue weighted by molar-refractivity contribution is 4.79. The van der Waals surface area contributed by atoms with Crippen LogP contribution in [0.4, 0.5) is 0 Å². The Labute approximate surface area is 114 Å². The fourth-order valence-electron chi connectivity index (χ4n) is 3.56. The molecule has 0 amide bonds. The minimum absolute atomic E-state index is 0.799. The molecule has 18 heavy (non-hydrogen) atoms. The number of hydrogen-bond acceptors (Lipinski definition) is 2. The van der Waals surface area contributed by atoms with Gasteiger partial charge in [0, 0.05) is 12.1 Å². The van der Waals surface area contributed by atoms with Gasteiger partial charge in [0.1, 0.15) is 0 Å². The van der Waals surface area contributed by atoms with Crippen molar-refractivity contribution in [2.75, 3.05) is 13.1 Å². The highest BCUT2D eigenvalue weighted by Crippen LogP contribution is 2.24. The first-order chi connectivity index (χ1) is 8.69. The summed E-state index contributed by atoms with van der Waals surface area (Å²) in [5, 5.41) is 0. The van der Waals surface area contributed by atoms with Crippen molar-refractivity contribution in [1.29, 1.82) is 0 Å². The second kappa shape index (κ2) is 8.92. The zero-order valence-electron chi connectivity index (χ0n) is 12.8. The molecule has 0 spiro atoms. The molecule has 2 N–H and O–H groups in total. The highest BCUT2D eigenvalue weighted by Gasteiger charge is 2.23. The van der Waals surface area contributed by atoms with E-state index in [4.69, 9.17) is 5.73 Å². The molecule has 1 saturated heterocycles. The van der Waals surface area contributed by atoms with Gasteiger partial charge in [-0.05, 0) is 65.0 Å².